The Labute approximate surface area is 116 Å². The van der Waals surface area contributed by atoms with Gasteiger partial charge in [-0.05, 0) is 48.0 Å². The second-order valence-corrected chi connectivity index (χ2v) is 5.17. The third kappa shape index (κ3) is 4.31. The van der Waals surface area contributed by atoms with Crippen LogP contribution in [0.2, 0.25) is 0 Å². The number of phenolic OH excluding ortho intramolecular Hbond substituents is 1. The maximum absolute atomic E-state index is 12.0. The number of benzene rings is 1. The Morgan fingerprint density at radius 2 is 2.17 bits per heavy atom. The average Bonchev–Trinajstić information content (AvgIpc) is 2.31. The molecule has 1 rings (SSSR count). The molecule has 0 aromatic heterocycles. The molecule has 0 saturated carbocycles. The van der Waals surface area contributed by atoms with E-state index < -0.39 is 0 Å². The van der Waals surface area contributed by atoms with E-state index in [0.717, 1.165) is 0 Å². The van der Waals surface area contributed by atoms with Gasteiger partial charge >= 0.3 is 0 Å². The molecule has 0 radical (unpaired) electrons. The van der Waals surface area contributed by atoms with Crippen LogP contribution in [0.15, 0.2) is 22.7 Å². The van der Waals surface area contributed by atoms with Crippen LogP contribution in [0.4, 0.5) is 0 Å². The summed E-state index contributed by atoms with van der Waals surface area (Å²) in [6.07, 6.45) is 0.158. The number of ether oxygens (including phenoxy) is 1. The number of halogens is 1. The molecule has 4 nitrogen and oxygen atoms in total. The van der Waals surface area contributed by atoms with E-state index >= 15 is 0 Å². The zero-order valence-electron chi connectivity index (χ0n) is 10.8. The average molecular weight is 316 g/mol. The van der Waals surface area contributed by atoms with Crippen molar-refractivity contribution in [2.24, 2.45) is 0 Å². The quantitative estimate of drug-likeness (QED) is 0.908. The number of hydrogen-bond donors (Lipinski definition) is 1. The van der Waals surface area contributed by atoms with Crippen LogP contribution >= 0.6 is 15.9 Å². The third-order valence-electron chi connectivity index (χ3n) is 2.42. The van der Waals surface area contributed by atoms with Gasteiger partial charge in [-0.15, -0.1) is 0 Å². The summed E-state index contributed by atoms with van der Waals surface area (Å²) in [7, 11) is 1.71. The number of amides is 1. The van der Waals surface area contributed by atoms with Crippen LogP contribution in [-0.4, -0.2) is 42.2 Å². The fourth-order valence-electron chi connectivity index (χ4n) is 1.39. The number of carbonyl (C=O) groups excluding carboxylic acids is 1. The second-order valence-electron chi connectivity index (χ2n) is 4.31. The molecule has 100 valence electrons. The molecule has 0 atom stereocenters. The molecule has 0 bridgehead atoms. The minimum Gasteiger partial charge on any atom is -0.507 e. The highest BCUT2D eigenvalue weighted by atomic mass is 79.9. The van der Waals surface area contributed by atoms with E-state index in [2.05, 4.69) is 15.9 Å². The van der Waals surface area contributed by atoms with Crippen molar-refractivity contribution in [1.82, 2.24) is 4.90 Å². The van der Waals surface area contributed by atoms with Crippen molar-refractivity contribution in [2.75, 3.05) is 20.2 Å². The predicted molar refractivity (Wildman–Crippen MR) is 73.9 cm³/mol. The molecule has 0 aliphatic rings. The van der Waals surface area contributed by atoms with Crippen LogP contribution in [0.5, 0.6) is 5.75 Å². The third-order valence-corrected chi connectivity index (χ3v) is 3.09. The standard InChI is InChI=1S/C13H18BrNO3/c1-9(2)18-7-6-15(3)13(17)10-4-5-11(14)12(16)8-10/h4-5,8-9,16H,6-7H2,1-3H3. The Morgan fingerprint density at radius 3 is 2.72 bits per heavy atom. The van der Waals surface area contributed by atoms with Crippen LogP contribution in [0.25, 0.3) is 0 Å². The highest BCUT2D eigenvalue weighted by Crippen LogP contribution is 2.24. The van der Waals surface area contributed by atoms with Gasteiger partial charge in [0.1, 0.15) is 5.75 Å². The van der Waals surface area contributed by atoms with E-state index in [4.69, 9.17) is 4.74 Å². The molecule has 0 aliphatic heterocycles. The molecule has 18 heavy (non-hydrogen) atoms. The molecule has 0 heterocycles. The summed E-state index contributed by atoms with van der Waals surface area (Å²) in [5.41, 5.74) is 0.461. The number of aromatic hydroxyl groups is 1. The van der Waals surface area contributed by atoms with Gasteiger partial charge in [-0.25, -0.2) is 0 Å². The van der Waals surface area contributed by atoms with Gasteiger partial charge in [-0.3, -0.25) is 4.79 Å². The largest absolute Gasteiger partial charge is 0.507 e. The fraction of sp³-hybridized carbons (Fsp3) is 0.462. The first-order valence-corrected chi connectivity index (χ1v) is 6.56. The lowest BCUT2D eigenvalue weighted by Gasteiger charge is -2.18. The Kier molecular flexibility index (Phi) is 5.62. The minimum atomic E-state index is -0.134. The first kappa shape index (κ1) is 15.0. The predicted octanol–water partition coefficient (Wildman–Crippen LogP) is 2.65. The lowest BCUT2D eigenvalue weighted by atomic mass is 10.2. The number of nitrogens with zero attached hydrogens (tertiary/aromatic N) is 1. The van der Waals surface area contributed by atoms with Gasteiger partial charge in [0.25, 0.3) is 5.91 Å². The van der Waals surface area contributed by atoms with E-state index in [9.17, 15) is 9.90 Å². The summed E-state index contributed by atoms with van der Waals surface area (Å²) in [4.78, 5) is 13.6. The summed E-state index contributed by atoms with van der Waals surface area (Å²) < 4.78 is 5.96. The van der Waals surface area contributed by atoms with Crippen molar-refractivity contribution < 1.29 is 14.6 Å². The summed E-state index contributed by atoms with van der Waals surface area (Å²) in [5, 5.41) is 9.54. The Hall–Kier alpha value is -1.07. The van der Waals surface area contributed by atoms with Crippen LogP contribution in [0, 0.1) is 0 Å². The Morgan fingerprint density at radius 1 is 1.50 bits per heavy atom. The first-order valence-electron chi connectivity index (χ1n) is 5.77. The maximum atomic E-state index is 12.0. The van der Waals surface area contributed by atoms with E-state index in [0.29, 0.717) is 23.2 Å². The zero-order valence-corrected chi connectivity index (χ0v) is 12.4. The molecule has 1 aromatic carbocycles. The molecule has 0 unspecified atom stereocenters. The van der Waals surface area contributed by atoms with E-state index in [-0.39, 0.29) is 17.8 Å². The molecule has 5 heteroatoms. The molecule has 1 amide bonds. The number of hydrogen-bond acceptors (Lipinski definition) is 3. The molecule has 0 aliphatic carbocycles. The molecular formula is C13H18BrNO3. The van der Waals surface area contributed by atoms with Gasteiger partial charge < -0.3 is 14.7 Å². The summed E-state index contributed by atoms with van der Waals surface area (Å²) >= 11 is 3.18. The first-order chi connectivity index (χ1) is 8.41. The summed E-state index contributed by atoms with van der Waals surface area (Å²) in [5.74, 6) is -0.0714. The van der Waals surface area contributed by atoms with E-state index in [1.807, 2.05) is 13.8 Å². The number of rotatable bonds is 5. The monoisotopic (exact) mass is 315 g/mol. The topological polar surface area (TPSA) is 49.8 Å². The number of phenols is 1. The maximum Gasteiger partial charge on any atom is 0.253 e. The van der Waals surface area contributed by atoms with Gasteiger partial charge in [0.2, 0.25) is 0 Å². The fourth-order valence-corrected chi connectivity index (χ4v) is 1.64. The van der Waals surface area contributed by atoms with Crippen LogP contribution < -0.4 is 0 Å². The number of likely N-dealkylation sites (N-methyl/N-ethyl adjacent to an activating group) is 1. The van der Waals surface area contributed by atoms with Crippen molar-refractivity contribution in [1.29, 1.82) is 0 Å². The van der Waals surface area contributed by atoms with Crippen molar-refractivity contribution in [3.05, 3.63) is 28.2 Å². The highest BCUT2D eigenvalue weighted by molar-refractivity contribution is 9.10. The number of carbonyl (C=O) groups is 1. The van der Waals surface area contributed by atoms with Gasteiger partial charge in [-0.2, -0.15) is 0 Å². The molecular weight excluding hydrogens is 298 g/mol. The normalized spacial score (nSPS) is 10.7. The van der Waals surface area contributed by atoms with Crippen molar-refractivity contribution in [2.45, 2.75) is 20.0 Å². The van der Waals surface area contributed by atoms with Crippen molar-refractivity contribution in [3.8, 4) is 5.75 Å². The van der Waals surface area contributed by atoms with Crippen LogP contribution in [-0.2, 0) is 4.74 Å². The minimum absolute atomic E-state index is 0.0627. The van der Waals surface area contributed by atoms with E-state index in [1.54, 1.807) is 24.1 Å². The Balaban J connectivity index is 2.60. The lowest BCUT2D eigenvalue weighted by Crippen LogP contribution is -2.30. The summed E-state index contributed by atoms with van der Waals surface area (Å²) in [6, 6.07) is 4.78. The molecule has 1 aromatic rings. The lowest BCUT2D eigenvalue weighted by molar-refractivity contribution is 0.0532. The molecule has 0 saturated heterocycles. The van der Waals surface area contributed by atoms with E-state index in [1.165, 1.54) is 6.07 Å². The Bertz CT molecular complexity index is 421. The van der Waals surface area contributed by atoms with Crippen molar-refractivity contribution >= 4 is 21.8 Å². The van der Waals surface area contributed by atoms with Gasteiger partial charge in [-0.1, -0.05) is 0 Å². The SMILES string of the molecule is CC(C)OCCN(C)C(=O)c1ccc(Br)c(O)c1. The molecule has 0 spiro atoms. The van der Waals surface area contributed by atoms with Crippen LogP contribution in [0.1, 0.15) is 24.2 Å². The highest BCUT2D eigenvalue weighted by Gasteiger charge is 2.13. The second kappa shape index (κ2) is 6.75. The van der Waals surface area contributed by atoms with Gasteiger partial charge in [0, 0.05) is 19.2 Å². The summed E-state index contributed by atoms with van der Waals surface area (Å²) in [6.45, 7) is 4.93. The van der Waals surface area contributed by atoms with Gasteiger partial charge in [0.15, 0.2) is 0 Å². The zero-order chi connectivity index (χ0) is 13.7. The molecule has 1 N–H and O–H groups in total. The van der Waals surface area contributed by atoms with Crippen LogP contribution in [0.3, 0.4) is 0 Å². The smallest absolute Gasteiger partial charge is 0.253 e. The van der Waals surface area contributed by atoms with Gasteiger partial charge in [0.05, 0.1) is 17.2 Å². The van der Waals surface area contributed by atoms with Crippen molar-refractivity contribution in [3.63, 3.8) is 0 Å². The molecule has 0 fully saturated rings.